The van der Waals surface area contributed by atoms with Crippen LogP contribution in [0, 0.1) is 0 Å². The molecule has 1 aliphatic heterocycles. The first-order chi connectivity index (χ1) is 8.85. The van der Waals surface area contributed by atoms with E-state index in [1.807, 2.05) is 25.9 Å². The van der Waals surface area contributed by atoms with Crippen molar-refractivity contribution in [1.82, 2.24) is 14.7 Å². The van der Waals surface area contributed by atoms with Crippen LogP contribution >= 0.6 is 0 Å². The SMILES string of the molecule is CCC1(C(=O)O)CCCN1C(=O)N(C)CCN(C)C. The molecule has 1 unspecified atom stereocenters. The highest BCUT2D eigenvalue weighted by molar-refractivity contribution is 5.87. The van der Waals surface area contributed by atoms with E-state index in [0.29, 0.717) is 25.9 Å². The Kier molecular flexibility index (Phi) is 5.17. The first-order valence-electron chi connectivity index (χ1n) is 6.76. The van der Waals surface area contributed by atoms with Crippen LogP contribution in [0.1, 0.15) is 26.2 Å². The zero-order chi connectivity index (χ0) is 14.6. The van der Waals surface area contributed by atoms with Gasteiger partial charge in [-0.2, -0.15) is 0 Å². The third-order valence-electron chi connectivity index (χ3n) is 3.91. The van der Waals surface area contributed by atoms with Crippen molar-refractivity contribution in [3.63, 3.8) is 0 Å². The summed E-state index contributed by atoms with van der Waals surface area (Å²) in [5.41, 5.74) is -1.01. The van der Waals surface area contributed by atoms with Gasteiger partial charge in [0.2, 0.25) is 0 Å². The molecule has 1 saturated heterocycles. The Morgan fingerprint density at radius 1 is 1.26 bits per heavy atom. The largest absolute Gasteiger partial charge is 0.479 e. The topological polar surface area (TPSA) is 64.1 Å². The van der Waals surface area contributed by atoms with Crippen molar-refractivity contribution in [3.05, 3.63) is 0 Å². The van der Waals surface area contributed by atoms with E-state index in [1.54, 1.807) is 11.9 Å². The van der Waals surface area contributed by atoms with E-state index < -0.39 is 11.5 Å². The van der Waals surface area contributed by atoms with Gasteiger partial charge in [-0.25, -0.2) is 9.59 Å². The van der Waals surface area contributed by atoms with Gasteiger partial charge in [0.25, 0.3) is 0 Å². The van der Waals surface area contributed by atoms with Crippen molar-refractivity contribution in [3.8, 4) is 0 Å². The highest BCUT2D eigenvalue weighted by Crippen LogP contribution is 2.33. The van der Waals surface area contributed by atoms with Gasteiger partial charge in [0, 0.05) is 26.7 Å². The molecule has 1 heterocycles. The van der Waals surface area contributed by atoms with Gasteiger partial charge in [-0.3, -0.25) is 0 Å². The number of carboxylic acids is 1. The summed E-state index contributed by atoms with van der Waals surface area (Å²) in [5, 5.41) is 9.46. The number of likely N-dealkylation sites (tertiary alicyclic amines) is 1. The fourth-order valence-electron chi connectivity index (χ4n) is 2.55. The minimum Gasteiger partial charge on any atom is -0.479 e. The van der Waals surface area contributed by atoms with Gasteiger partial charge < -0.3 is 19.8 Å². The number of likely N-dealkylation sites (N-methyl/N-ethyl adjacent to an activating group) is 2. The summed E-state index contributed by atoms with van der Waals surface area (Å²) in [5.74, 6) is -0.887. The predicted molar refractivity (Wildman–Crippen MR) is 73.2 cm³/mol. The molecule has 1 N–H and O–H groups in total. The van der Waals surface area contributed by atoms with Crippen LogP contribution in [0.3, 0.4) is 0 Å². The summed E-state index contributed by atoms with van der Waals surface area (Å²) in [4.78, 5) is 29.1. The number of urea groups is 1. The summed E-state index contributed by atoms with van der Waals surface area (Å²) in [6.07, 6.45) is 1.76. The van der Waals surface area contributed by atoms with Crippen LogP contribution in [-0.4, -0.2) is 78.1 Å². The highest BCUT2D eigenvalue weighted by atomic mass is 16.4. The molecule has 6 heteroatoms. The average Bonchev–Trinajstić information content (AvgIpc) is 2.79. The third kappa shape index (κ3) is 3.18. The first kappa shape index (κ1) is 15.8. The lowest BCUT2D eigenvalue weighted by Gasteiger charge is -2.36. The van der Waals surface area contributed by atoms with Gasteiger partial charge in [0.15, 0.2) is 0 Å². The lowest BCUT2D eigenvalue weighted by molar-refractivity contribution is -0.148. The maximum atomic E-state index is 12.4. The number of amides is 2. The molecule has 0 aliphatic carbocycles. The zero-order valence-corrected chi connectivity index (χ0v) is 12.3. The van der Waals surface area contributed by atoms with Gasteiger partial charge in [0.1, 0.15) is 5.54 Å². The number of hydrogen-bond acceptors (Lipinski definition) is 3. The molecular formula is C13H25N3O3. The van der Waals surface area contributed by atoms with Crippen molar-refractivity contribution in [1.29, 1.82) is 0 Å². The maximum Gasteiger partial charge on any atom is 0.329 e. The Labute approximate surface area is 115 Å². The summed E-state index contributed by atoms with van der Waals surface area (Å²) in [7, 11) is 5.62. The number of aliphatic carboxylic acids is 1. The molecule has 19 heavy (non-hydrogen) atoms. The van der Waals surface area contributed by atoms with Crippen molar-refractivity contribution in [2.24, 2.45) is 0 Å². The van der Waals surface area contributed by atoms with Crippen LogP contribution in [0.2, 0.25) is 0 Å². The van der Waals surface area contributed by atoms with E-state index >= 15 is 0 Å². The van der Waals surface area contributed by atoms with E-state index in [2.05, 4.69) is 0 Å². The monoisotopic (exact) mass is 271 g/mol. The molecule has 0 aromatic rings. The van der Waals surface area contributed by atoms with Crippen LogP contribution in [-0.2, 0) is 4.79 Å². The third-order valence-corrected chi connectivity index (χ3v) is 3.91. The Bertz CT molecular complexity index is 346. The van der Waals surface area contributed by atoms with Crippen LogP contribution in [0.25, 0.3) is 0 Å². The Hall–Kier alpha value is -1.30. The van der Waals surface area contributed by atoms with E-state index in [1.165, 1.54) is 4.90 Å². The predicted octanol–water partition coefficient (Wildman–Crippen LogP) is 0.929. The highest BCUT2D eigenvalue weighted by Gasteiger charge is 2.49. The molecule has 0 aromatic carbocycles. The van der Waals surface area contributed by atoms with Crippen LogP contribution in [0.15, 0.2) is 0 Å². The number of hydrogen-bond donors (Lipinski definition) is 1. The van der Waals surface area contributed by atoms with Crippen LogP contribution in [0.5, 0.6) is 0 Å². The van der Waals surface area contributed by atoms with Crippen LogP contribution < -0.4 is 0 Å². The lowest BCUT2D eigenvalue weighted by atomic mass is 9.93. The smallest absolute Gasteiger partial charge is 0.329 e. The Balaban J connectivity index is 2.77. The molecule has 1 aliphatic rings. The van der Waals surface area contributed by atoms with Crippen molar-refractivity contribution < 1.29 is 14.7 Å². The molecule has 1 rings (SSSR count). The van der Waals surface area contributed by atoms with Gasteiger partial charge in [0.05, 0.1) is 0 Å². The molecule has 0 aromatic heterocycles. The normalized spacial score (nSPS) is 22.9. The summed E-state index contributed by atoms with van der Waals surface area (Å²) < 4.78 is 0. The van der Waals surface area contributed by atoms with E-state index in [0.717, 1.165) is 13.0 Å². The number of carboxylic acid groups (broad SMARTS) is 1. The lowest BCUT2D eigenvalue weighted by Crippen LogP contribution is -2.56. The molecular weight excluding hydrogens is 246 g/mol. The average molecular weight is 271 g/mol. The molecule has 1 fully saturated rings. The quantitative estimate of drug-likeness (QED) is 0.808. The van der Waals surface area contributed by atoms with Gasteiger partial charge in [-0.05, 0) is 33.4 Å². The second kappa shape index (κ2) is 6.23. The zero-order valence-electron chi connectivity index (χ0n) is 12.3. The Morgan fingerprint density at radius 2 is 1.89 bits per heavy atom. The molecule has 0 bridgehead atoms. The fourth-order valence-corrected chi connectivity index (χ4v) is 2.55. The second-order valence-corrected chi connectivity index (χ2v) is 5.45. The maximum absolute atomic E-state index is 12.4. The number of carbonyl (C=O) groups is 2. The van der Waals surface area contributed by atoms with Gasteiger partial charge in [-0.15, -0.1) is 0 Å². The molecule has 0 radical (unpaired) electrons. The number of nitrogens with zero attached hydrogens (tertiary/aromatic N) is 3. The number of rotatable bonds is 5. The standard InChI is InChI=1S/C13H25N3O3/c1-5-13(11(17)18)7-6-8-16(13)12(19)15(4)10-9-14(2)3/h5-10H2,1-4H3,(H,17,18). The van der Waals surface area contributed by atoms with Crippen LogP contribution in [0.4, 0.5) is 4.79 Å². The van der Waals surface area contributed by atoms with E-state index in [9.17, 15) is 14.7 Å². The summed E-state index contributed by atoms with van der Waals surface area (Å²) >= 11 is 0. The molecule has 110 valence electrons. The van der Waals surface area contributed by atoms with E-state index in [-0.39, 0.29) is 6.03 Å². The molecule has 2 amide bonds. The summed E-state index contributed by atoms with van der Waals surface area (Å²) in [6, 6.07) is -0.177. The van der Waals surface area contributed by atoms with E-state index in [4.69, 9.17) is 0 Å². The molecule has 0 spiro atoms. The number of carbonyl (C=O) groups excluding carboxylic acids is 1. The van der Waals surface area contributed by atoms with Crippen molar-refractivity contribution >= 4 is 12.0 Å². The van der Waals surface area contributed by atoms with Crippen molar-refractivity contribution in [2.45, 2.75) is 31.7 Å². The summed E-state index contributed by atoms with van der Waals surface area (Å²) in [6.45, 7) is 3.73. The minimum atomic E-state index is -1.01. The van der Waals surface area contributed by atoms with Gasteiger partial charge in [-0.1, -0.05) is 6.92 Å². The molecule has 0 saturated carbocycles. The van der Waals surface area contributed by atoms with Gasteiger partial charge >= 0.3 is 12.0 Å². The van der Waals surface area contributed by atoms with Crippen molar-refractivity contribution in [2.75, 3.05) is 40.8 Å². The second-order valence-electron chi connectivity index (χ2n) is 5.45. The Morgan fingerprint density at radius 3 is 2.37 bits per heavy atom. The first-order valence-corrected chi connectivity index (χ1v) is 6.76. The minimum absolute atomic E-state index is 0.177. The molecule has 6 nitrogen and oxygen atoms in total. The molecule has 1 atom stereocenters. The fraction of sp³-hybridized carbons (Fsp3) is 0.846.